The van der Waals surface area contributed by atoms with E-state index < -0.39 is 0 Å². The van der Waals surface area contributed by atoms with Crippen LogP contribution in [-0.4, -0.2) is 36.8 Å². The van der Waals surface area contributed by atoms with Crippen molar-refractivity contribution in [2.45, 2.75) is 19.3 Å². The minimum atomic E-state index is 0.295. The molecule has 1 saturated heterocycles. The molecule has 0 aromatic heterocycles. The number of rotatable bonds is 2. The van der Waals surface area contributed by atoms with Gasteiger partial charge < -0.3 is 10.0 Å². The predicted molar refractivity (Wildman–Crippen MR) is 66.6 cm³/mol. The normalized spacial score (nSPS) is 26.9. The average Bonchev–Trinajstić information content (AvgIpc) is 2.30. The second-order valence-electron chi connectivity index (χ2n) is 5.01. The number of nitrogens with zero attached hydrogens (tertiary/aromatic N) is 1. The smallest absolute Gasteiger partial charge is 0.0477 e. The molecule has 1 aliphatic heterocycles. The number of aliphatic hydroxyl groups is 1. The lowest BCUT2D eigenvalue weighted by molar-refractivity contribution is 0.118. The molecule has 2 unspecified atom stereocenters. The molecule has 88 valence electrons. The first-order valence-electron chi connectivity index (χ1n) is 6.06. The maximum Gasteiger partial charge on any atom is 0.0477 e. The molecule has 0 radical (unpaired) electrons. The number of likely N-dealkylation sites (tertiary alicyclic amines) is 1. The number of hydrogen-bond donors (Lipinski definition) is 1. The van der Waals surface area contributed by atoms with Crippen molar-refractivity contribution in [2.75, 3.05) is 26.7 Å². The van der Waals surface area contributed by atoms with Crippen LogP contribution in [0.2, 0.25) is 0 Å². The molecular weight excluding hydrogens is 198 g/mol. The van der Waals surface area contributed by atoms with Gasteiger partial charge in [-0.2, -0.15) is 0 Å². The van der Waals surface area contributed by atoms with E-state index in [0.29, 0.717) is 18.4 Å². The van der Waals surface area contributed by atoms with Crippen LogP contribution in [0, 0.1) is 12.8 Å². The molecule has 0 amide bonds. The summed E-state index contributed by atoms with van der Waals surface area (Å²) in [4.78, 5) is 2.31. The van der Waals surface area contributed by atoms with E-state index in [1.54, 1.807) is 0 Å². The van der Waals surface area contributed by atoms with E-state index >= 15 is 0 Å². The Kier molecular flexibility index (Phi) is 3.62. The molecule has 2 heteroatoms. The van der Waals surface area contributed by atoms with Gasteiger partial charge in [-0.3, -0.25) is 0 Å². The SMILES string of the molecule is Cc1ccc(C2CCN(C)CC2CO)cc1. The molecule has 1 aromatic carbocycles. The Labute approximate surface area is 97.9 Å². The Morgan fingerprint density at radius 2 is 2.00 bits per heavy atom. The molecule has 16 heavy (non-hydrogen) atoms. The van der Waals surface area contributed by atoms with E-state index in [-0.39, 0.29) is 0 Å². The maximum absolute atomic E-state index is 9.47. The number of aliphatic hydroxyl groups excluding tert-OH is 1. The lowest BCUT2D eigenvalue weighted by Crippen LogP contribution is -2.38. The van der Waals surface area contributed by atoms with Crippen molar-refractivity contribution in [1.82, 2.24) is 4.90 Å². The number of aryl methyl sites for hydroxylation is 1. The van der Waals surface area contributed by atoms with E-state index in [4.69, 9.17) is 0 Å². The third-order valence-corrected chi connectivity index (χ3v) is 3.68. The van der Waals surface area contributed by atoms with E-state index in [2.05, 4.69) is 43.1 Å². The number of hydrogen-bond acceptors (Lipinski definition) is 2. The molecule has 0 saturated carbocycles. The highest BCUT2D eigenvalue weighted by molar-refractivity contribution is 5.25. The lowest BCUT2D eigenvalue weighted by Gasteiger charge is -2.36. The van der Waals surface area contributed by atoms with Gasteiger partial charge in [0.25, 0.3) is 0 Å². The van der Waals surface area contributed by atoms with Crippen LogP contribution >= 0.6 is 0 Å². The van der Waals surface area contributed by atoms with Crippen LogP contribution in [0.5, 0.6) is 0 Å². The zero-order chi connectivity index (χ0) is 11.5. The maximum atomic E-state index is 9.47. The largest absolute Gasteiger partial charge is 0.396 e. The van der Waals surface area contributed by atoms with Crippen LogP contribution in [0.1, 0.15) is 23.5 Å². The van der Waals surface area contributed by atoms with E-state index in [1.165, 1.54) is 11.1 Å². The van der Waals surface area contributed by atoms with Crippen LogP contribution in [0.4, 0.5) is 0 Å². The summed E-state index contributed by atoms with van der Waals surface area (Å²) in [7, 11) is 2.13. The van der Waals surface area contributed by atoms with Gasteiger partial charge in [-0.05, 0) is 38.4 Å². The van der Waals surface area contributed by atoms with Gasteiger partial charge in [-0.25, -0.2) is 0 Å². The Bertz CT molecular complexity index is 333. The Morgan fingerprint density at radius 1 is 1.31 bits per heavy atom. The van der Waals surface area contributed by atoms with Crippen molar-refractivity contribution in [3.8, 4) is 0 Å². The Morgan fingerprint density at radius 3 is 2.62 bits per heavy atom. The third-order valence-electron chi connectivity index (χ3n) is 3.68. The number of piperidine rings is 1. The summed E-state index contributed by atoms with van der Waals surface area (Å²) in [5.74, 6) is 0.920. The van der Waals surface area contributed by atoms with Crippen LogP contribution in [0.3, 0.4) is 0 Å². The fourth-order valence-corrected chi connectivity index (χ4v) is 2.65. The van der Waals surface area contributed by atoms with Gasteiger partial charge in [0, 0.05) is 19.1 Å². The monoisotopic (exact) mass is 219 g/mol. The van der Waals surface area contributed by atoms with Crippen molar-refractivity contribution < 1.29 is 5.11 Å². The Hall–Kier alpha value is -0.860. The lowest BCUT2D eigenvalue weighted by atomic mass is 9.81. The van der Waals surface area contributed by atoms with Crippen molar-refractivity contribution in [2.24, 2.45) is 5.92 Å². The highest BCUT2D eigenvalue weighted by Gasteiger charge is 2.28. The van der Waals surface area contributed by atoms with E-state index in [0.717, 1.165) is 19.5 Å². The second kappa shape index (κ2) is 4.98. The van der Waals surface area contributed by atoms with Crippen molar-refractivity contribution in [3.05, 3.63) is 35.4 Å². The average molecular weight is 219 g/mol. The molecule has 1 fully saturated rings. The molecule has 0 spiro atoms. The fourth-order valence-electron chi connectivity index (χ4n) is 2.65. The first-order valence-corrected chi connectivity index (χ1v) is 6.06. The zero-order valence-electron chi connectivity index (χ0n) is 10.2. The molecule has 2 nitrogen and oxygen atoms in total. The summed E-state index contributed by atoms with van der Waals surface area (Å²) < 4.78 is 0. The Balaban J connectivity index is 2.15. The minimum Gasteiger partial charge on any atom is -0.396 e. The fraction of sp³-hybridized carbons (Fsp3) is 0.571. The molecule has 0 bridgehead atoms. The molecule has 1 aromatic rings. The summed E-state index contributed by atoms with van der Waals surface area (Å²) in [6.07, 6.45) is 1.16. The predicted octanol–water partition coefficient (Wildman–Crippen LogP) is 2.02. The highest BCUT2D eigenvalue weighted by atomic mass is 16.3. The molecule has 1 N–H and O–H groups in total. The van der Waals surface area contributed by atoms with Crippen LogP contribution < -0.4 is 0 Å². The second-order valence-corrected chi connectivity index (χ2v) is 5.01. The molecular formula is C14H21NO. The molecule has 2 rings (SSSR count). The first-order chi connectivity index (χ1) is 7.70. The standard InChI is InChI=1S/C14H21NO/c1-11-3-5-12(6-4-11)14-7-8-15(2)9-13(14)10-16/h3-6,13-14,16H,7-10H2,1-2H3. The third kappa shape index (κ3) is 2.45. The van der Waals surface area contributed by atoms with Gasteiger partial charge in [0.1, 0.15) is 0 Å². The first kappa shape index (κ1) is 11.6. The number of benzene rings is 1. The molecule has 2 atom stereocenters. The minimum absolute atomic E-state index is 0.295. The molecule has 1 heterocycles. The van der Waals surface area contributed by atoms with Gasteiger partial charge >= 0.3 is 0 Å². The molecule has 1 aliphatic rings. The van der Waals surface area contributed by atoms with Crippen LogP contribution in [0.15, 0.2) is 24.3 Å². The topological polar surface area (TPSA) is 23.5 Å². The summed E-state index contributed by atoms with van der Waals surface area (Å²) in [6, 6.07) is 8.77. The van der Waals surface area contributed by atoms with Crippen LogP contribution in [-0.2, 0) is 0 Å². The van der Waals surface area contributed by atoms with E-state index in [1.807, 2.05) is 0 Å². The summed E-state index contributed by atoms with van der Waals surface area (Å²) in [6.45, 7) is 4.55. The van der Waals surface area contributed by atoms with Gasteiger partial charge in [-0.15, -0.1) is 0 Å². The summed E-state index contributed by atoms with van der Waals surface area (Å²) >= 11 is 0. The van der Waals surface area contributed by atoms with E-state index in [9.17, 15) is 5.11 Å². The quantitative estimate of drug-likeness (QED) is 0.822. The molecule has 0 aliphatic carbocycles. The van der Waals surface area contributed by atoms with Crippen LogP contribution in [0.25, 0.3) is 0 Å². The summed E-state index contributed by atoms with van der Waals surface area (Å²) in [5.41, 5.74) is 2.69. The van der Waals surface area contributed by atoms with Crippen molar-refractivity contribution >= 4 is 0 Å². The van der Waals surface area contributed by atoms with Gasteiger partial charge in [0.05, 0.1) is 0 Å². The highest BCUT2D eigenvalue weighted by Crippen LogP contribution is 2.32. The zero-order valence-corrected chi connectivity index (χ0v) is 10.2. The van der Waals surface area contributed by atoms with Gasteiger partial charge in [0.2, 0.25) is 0 Å². The summed E-state index contributed by atoms with van der Waals surface area (Å²) in [5, 5.41) is 9.47. The van der Waals surface area contributed by atoms with Gasteiger partial charge in [-0.1, -0.05) is 29.8 Å². The van der Waals surface area contributed by atoms with Crippen molar-refractivity contribution in [1.29, 1.82) is 0 Å². The van der Waals surface area contributed by atoms with Crippen molar-refractivity contribution in [3.63, 3.8) is 0 Å². The van der Waals surface area contributed by atoms with Gasteiger partial charge in [0.15, 0.2) is 0 Å².